The maximum Gasteiger partial charge on any atom is 0.275 e. The molecule has 0 aliphatic heterocycles. The lowest BCUT2D eigenvalue weighted by atomic mass is 10.3. The Hall–Kier alpha value is -0.390. The fraction of sp³-hybridized carbons (Fsp3) is 0.167. The Morgan fingerprint density at radius 1 is 1.82 bits per heavy atom. The van der Waals surface area contributed by atoms with Crippen molar-refractivity contribution in [2.75, 3.05) is 0 Å². The summed E-state index contributed by atoms with van der Waals surface area (Å²) >= 11 is 4.68. The first-order valence-corrected chi connectivity index (χ1v) is 4.53. The van der Waals surface area contributed by atoms with Crippen molar-refractivity contribution in [3.63, 3.8) is 0 Å². The van der Waals surface area contributed by atoms with E-state index in [9.17, 15) is 4.79 Å². The van der Waals surface area contributed by atoms with E-state index in [0.717, 1.165) is 9.35 Å². The highest BCUT2D eigenvalue weighted by Gasteiger charge is 2.08. The van der Waals surface area contributed by atoms with Gasteiger partial charge in [-0.3, -0.25) is 10.2 Å². The third-order valence-electron chi connectivity index (χ3n) is 1.21. The van der Waals surface area contributed by atoms with Crippen LogP contribution in [0.3, 0.4) is 0 Å². The van der Waals surface area contributed by atoms with Crippen LogP contribution in [0.4, 0.5) is 0 Å². The van der Waals surface area contributed by atoms with E-state index in [-0.39, 0.29) is 5.91 Å². The monoisotopic (exact) mass is 234 g/mol. The summed E-state index contributed by atoms with van der Waals surface area (Å²) in [5.41, 5.74) is 3.12. The van der Waals surface area contributed by atoms with Gasteiger partial charge in [0, 0.05) is 0 Å². The second kappa shape index (κ2) is 3.34. The van der Waals surface area contributed by atoms with Gasteiger partial charge in [0.25, 0.3) is 5.91 Å². The maximum atomic E-state index is 10.9. The van der Waals surface area contributed by atoms with Crippen molar-refractivity contribution in [2.24, 2.45) is 5.84 Å². The molecule has 1 amide bonds. The number of hydrazine groups is 1. The van der Waals surface area contributed by atoms with Crippen molar-refractivity contribution >= 4 is 33.2 Å². The fourth-order valence-corrected chi connectivity index (χ4v) is 2.08. The van der Waals surface area contributed by atoms with E-state index in [1.807, 2.05) is 6.92 Å². The molecule has 1 aromatic rings. The molecule has 0 saturated carbocycles. The van der Waals surface area contributed by atoms with E-state index in [1.165, 1.54) is 11.3 Å². The summed E-state index contributed by atoms with van der Waals surface area (Å²) in [7, 11) is 0. The number of nitrogen functional groups attached to an aromatic ring is 1. The minimum absolute atomic E-state index is 0.246. The number of rotatable bonds is 1. The number of thiophene rings is 1. The Morgan fingerprint density at radius 2 is 2.45 bits per heavy atom. The van der Waals surface area contributed by atoms with Crippen LogP contribution in [0, 0.1) is 6.92 Å². The van der Waals surface area contributed by atoms with Gasteiger partial charge >= 0.3 is 0 Å². The third-order valence-corrected chi connectivity index (χ3v) is 3.35. The van der Waals surface area contributed by atoms with Gasteiger partial charge in [-0.25, -0.2) is 5.84 Å². The lowest BCUT2D eigenvalue weighted by Gasteiger charge is -1.90. The molecule has 0 radical (unpaired) electrons. The van der Waals surface area contributed by atoms with E-state index in [0.29, 0.717) is 4.88 Å². The second-order valence-electron chi connectivity index (χ2n) is 2.04. The molecule has 11 heavy (non-hydrogen) atoms. The molecule has 0 fully saturated rings. The van der Waals surface area contributed by atoms with Crippen LogP contribution in [0.2, 0.25) is 0 Å². The number of amides is 1. The predicted molar refractivity (Wildman–Crippen MR) is 48.4 cm³/mol. The Bertz CT molecular complexity index is 265. The van der Waals surface area contributed by atoms with Crippen molar-refractivity contribution in [3.05, 3.63) is 20.3 Å². The number of halogens is 1. The Labute approximate surface area is 76.7 Å². The maximum absolute atomic E-state index is 10.9. The van der Waals surface area contributed by atoms with Gasteiger partial charge < -0.3 is 0 Å². The summed E-state index contributed by atoms with van der Waals surface area (Å²) in [5.74, 6) is 4.71. The summed E-state index contributed by atoms with van der Waals surface area (Å²) in [5, 5.41) is 0. The number of aryl methyl sites for hydroxylation is 1. The highest BCUT2D eigenvalue weighted by Crippen LogP contribution is 2.26. The highest BCUT2D eigenvalue weighted by molar-refractivity contribution is 9.11. The largest absolute Gasteiger partial charge is 0.289 e. The summed E-state index contributed by atoms with van der Waals surface area (Å²) in [6, 6.07) is 1.79. The number of carbonyl (C=O) groups excluding carboxylic acids is 1. The first-order valence-electron chi connectivity index (χ1n) is 2.92. The number of hydrogen-bond donors (Lipinski definition) is 2. The number of nitrogens with two attached hydrogens (primary N) is 1. The number of carbonyl (C=O) groups is 1. The van der Waals surface area contributed by atoms with E-state index in [1.54, 1.807) is 6.07 Å². The first kappa shape index (κ1) is 8.70. The van der Waals surface area contributed by atoms with Gasteiger partial charge in [-0.2, -0.15) is 0 Å². The summed E-state index contributed by atoms with van der Waals surface area (Å²) < 4.78 is 0.969. The van der Waals surface area contributed by atoms with Crippen molar-refractivity contribution < 1.29 is 4.79 Å². The molecule has 0 aliphatic rings. The Kier molecular flexibility index (Phi) is 2.64. The molecule has 3 nitrogen and oxygen atoms in total. The molecule has 0 bridgehead atoms. The minimum atomic E-state index is -0.246. The third kappa shape index (κ3) is 1.79. The second-order valence-corrected chi connectivity index (χ2v) is 4.41. The van der Waals surface area contributed by atoms with Crippen LogP contribution >= 0.6 is 27.3 Å². The SMILES string of the molecule is Cc1cc(C(=O)NN)sc1Br. The number of nitrogens with one attached hydrogen (secondary N) is 1. The quantitative estimate of drug-likeness (QED) is 0.439. The van der Waals surface area contributed by atoms with Crippen molar-refractivity contribution in [1.82, 2.24) is 5.43 Å². The lowest BCUT2D eigenvalue weighted by Crippen LogP contribution is -2.29. The molecular weight excluding hydrogens is 228 g/mol. The zero-order valence-electron chi connectivity index (χ0n) is 5.85. The lowest BCUT2D eigenvalue weighted by molar-refractivity contribution is 0.0957. The Balaban J connectivity index is 2.97. The molecule has 60 valence electrons. The average Bonchev–Trinajstić information content (AvgIpc) is 2.31. The normalized spacial score (nSPS) is 9.73. The molecular formula is C6H7BrN2OS. The van der Waals surface area contributed by atoms with Crippen LogP contribution in [0.1, 0.15) is 15.2 Å². The van der Waals surface area contributed by atoms with Crippen molar-refractivity contribution in [1.29, 1.82) is 0 Å². The van der Waals surface area contributed by atoms with E-state index >= 15 is 0 Å². The van der Waals surface area contributed by atoms with Crippen LogP contribution in [0.5, 0.6) is 0 Å². The molecule has 1 heterocycles. The molecule has 0 atom stereocenters. The van der Waals surface area contributed by atoms with Crippen LogP contribution in [0.25, 0.3) is 0 Å². The number of hydrogen-bond acceptors (Lipinski definition) is 3. The van der Waals surface area contributed by atoms with Gasteiger partial charge in [0.05, 0.1) is 8.66 Å². The fourth-order valence-electron chi connectivity index (χ4n) is 0.643. The standard InChI is InChI=1S/C6H7BrN2OS/c1-3-2-4(6(10)9-8)11-5(3)7/h2H,8H2,1H3,(H,9,10). The molecule has 3 N–H and O–H groups in total. The van der Waals surface area contributed by atoms with Gasteiger partial charge in [-0.1, -0.05) is 0 Å². The molecule has 0 unspecified atom stereocenters. The molecule has 0 spiro atoms. The topological polar surface area (TPSA) is 55.1 Å². The van der Waals surface area contributed by atoms with E-state index in [4.69, 9.17) is 5.84 Å². The molecule has 5 heteroatoms. The summed E-state index contributed by atoms with van der Waals surface area (Å²) in [6.07, 6.45) is 0. The Morgan fingerprint density at radius 3 is 2.82 bits per heavy atom. The molecule has 1 aromatic heterocycles. The van der Waals surface area contributed by atoms with Gasteiger partial charge in [0.1, 0.15) is 0 Å². The molecule has 0 aromatic carbocycles. The van der Waals surface area contributed by atoms with Gasteiger partial charge in [-0.05, 0) is 34.5 Å². The van der Waals surface area contributed by atoms with E-state index in [2.05, 4.69) is 21.4 Å². The van der Waals surface area contributed by atoms with Crippen LogP contribution in [0.15, 0.2) is 9.85 Å². The first-order chi connectivity index (χ1) is 5.15. The van der Waals surface area contributed by atoms with Gasteiger partial charge in [0.15, 0.2) is 0 Å². The zero-order chi connectivity index (χ0) is 8.43. The van der Waals surface area contributed by atoms with E-state index < -0.39 is 0 Å². The predicted octanol–water partition coefficient (Wildman–Crippen LogP) is 1.42. The molecule has 0 saturated heterocycles. The summed E-state index contributed by atoms with van der Waals surface area (Å²) in [6.45, 7) is 1.92. The van der Waals surface area contributed by atoms with Crippen LogP contribution in [-0.2, 0) is 0 Å². The molecule has 1 rings (SSSR count). The zero-order valence-corrected chi connectivity index (χ0v) is 8.25. The average molecular weight is 235 g/mol. The highest BCUT2D eigenvalue weighted by atomic mass is 79.9. The van der Waals surface area contributed by atoms with Gasteiger partial charge in [0.2, 0.25) is 0 Å². The summed E-state index contributed by atoms with van der Waals surface area (Å²) in [4.78, 5) is 11.6. The van der Waals surface area contributed by atoms with Crippen molar-refractivity contribution in [3.8, 4) is 0 Å². The smallest absolute Gasteiger partial charge is 0.275 e. The molecule has 0 aliphatic carbocycles. The minimum Gasteiger partial charge on any atom is -0.289 e. The van der Waals surface area contributed by atoms with Crippen molar-refractivity contribution in [2.45, 2.75) is 6.92 Å². The van der Waals surface area contributed by atoms with Gasteiger partial charge in [-0.15, -0.1) is 11.3 Å². The van der Waals surface area contributed by atoms with Crippen LogP contribution < -0.4 is 11.3 Å². The van der Waals surface area contributed by atoms with Crippen LogP contribution in [-0.4, -0.2) is 5.91 Å².